The van der Waals surface area contributed by atoms with Gasteiger partial charge < -0.3 is 9.84 Å². The second-order valence-electron chi connectivity index (χ2n) is 5.24. The van der Waals surface area contributed by atoms with Gasteiger partial charge in [0.25, 0.3) is 0 Å². The first-order chi connectivity index (χ1) is 8.19. The summed E-state index contributed by atoms with van der Waals surface area (Å²) in [7, 11) is -2.14. The molecule has 7 heteroatoms. The van der Waals surface area contributed by atoms with Crippen molar-refractivity contribution in [2.45, 2.75) is 45.3 Å². The van der Waals surface area contributed by atoms with Crippen molar-refractivity contribution in [3.63, 3.8) is 0 Å². The molecule has 6 nitrogen and oxygen atoms in total. The Hall–Kier alpha value is -0.660. The topological polar surface area (TPSA) is 92.7 Å². The fourth-order valence-corrected chi connectivity index (χ4v) is 3.36. The van der Waals surface area contributed by atoms with Crippen LogP contribution in [0.25, 0.3) is 0 Å². The monoisotopic (exact) mass is 279 g/mol. The molecule has 0 aromatic heterocycles. The molecule has 0 radical (unpaired) electrons. The van der Waals surface area contributed by atoms with Crippen molar-refractivity contribution in [3.05, 3.63) is 0 Å². The lowest BCUT2D eigenvalue weighted by Gasteiger charge is -2.49. The highest BCUT2D eigenvalue weighted by molar-refractivity contribution is 7.89. The molecule has 0 aliphatic heterocycles. The number of ether oxygens (including phenoxy) is 1. The van der Waals surface area contributed by atoms with Gasteiger partial charge in [-0.15, -0.1) is 0 Å². The number of nitrogens with one attached hydrogen (secondary N) is 1. The zero-order valence-corrected chi connectivity index (χ0v) is 11.8. The molecular weight excluding hydrogens is 258 g/mol. The van der Waals surface area contributed by atoms with E-state index in [1.54, 1.807) is 0 Å². The molecule has 0 aromatic rings. The van der Waals surface area contributed by atoms with E-state index in [4.69, 9.17) is 0 Å². The molecule has 2 atom stereocenters. The summed E-state index contributed by atoms with van der Waals surface area (Å²) in [4.78, 5) is 10.9. The maximum absolute atomic E-state index is 11.8. The van der Waals surface area contributed by atoms with E-state index in [1.807, 2.05) is 13.8 Å². The molecule has 0 saturated heterocycles. The minimum atomic E-state index is -3.41. The van der Waals surface area contributed by atoms with Crippen molar-refractivity contribution >= 4 is 16.0 Å². The van der Waals surface area contributed by atoms with Crippen molar-refractivity contribution in [2.24, 2.45) is 5.41 Å². The quantitative estimate of drug-likeness (QED) is 0.669. The van der Waals surface area contributed by atoms with E-state index in [9.17, 15) is 18.3 Å². The Morgan fingerprint density at radius 2 is 2.11 bits per heavy atom. The van der Waals surface area contributed by atoms with Gasteiger partial charge in [0.15, 0.2) is 0 Å². The summed E-state index contributed by atoms with van der Waals surface area (Å²) in [6, 6.07) is -0.240. The third-order valence-corrected chi connectivity index (χ3v) is 5.03. The standard InChI is InChI=1S/C11H21NO5S/c1-11(2)8(7-9(11)13)12-18(15,16)6-4-5-10(14)17-3/h8-9,12-13H,4-7H2,1-3H3. The Balaban J connectivity index is 2.39. The lowest BCUT2D eigenvalue weighted by Crippen LogP contribution is -2.61. The van der Waals surface area contributed by atoms with Crippen LogP contribution in [0.3, 0.4) is 0 Å². The lowest BCUT2D eigenvalue weighted by molar-refractivity contribution is -0.140. The van der Waals surface area contributed by atoms with Crippen LogP contribution in [0.2, 0.25) is 0 Å². The van der Waals surface area contributed by atoms with E-state index in [0.29, 0.717) is 6.42 Å². The Labute approximate surface area is 108 Å². The van der Waals surface area contributed by atoms with E-state index >= 15 is 0 Å². The number of aliphatic hydroxyl groups excluding tert-OH is 1. The molecule has 1 aliphatic rings. The van der Waals surface area contributed by atoms with Crippen LogP contribution < -0.4 is 4.72 Å². The number of carbonyl (C=O) groups is 1. The minimum Gasteiger partial charge on any atom is -0.469 e. The van der Waals surface area contributed by atoms with Gasteiger partial charge in [-0.25, -0.2) is 13.1 Å². The van der Waals surface area contributed by atoms with Crippen LogP contribution in [-0.2, 0) is 19.6 Å². The Morgan fingerprint density at radius 3 is 2.56 bits per heavy atom. The molecule has 2 unspecified atom stereocenters. The highest BCUT2D eigenvalue weighted by Crippen LogP contribution is 2.40. The van der Waals surface area contributed by atoms with Crippen molar-refractivity contribution in [1.82, 2.24) is 4.72 Å². The maximum atomic E-state index is 11.8. The number of carbonyl (C=O) groups excluding carboxylic acids is 1. The molecule has 2 N–H and O–H groups in total. The van der Waals surface area contributed by atoms with E-state index in [-0.39, 0.29) is 24.6 Å². The molecule has 18 heavy (non-hydrogen) atoms. The molecule has 0 heterocycles. The highest BCUT2D eigenvalue weighted by atomic mass is 32.2. The largest absolute Gasteiger partial charge is 0.469 e. The number of rotatable bonds is 6. The number of methoxy groups -OCH3 is 1. The SMILES string of the molecule is COC(=O)CCCS(=O)(=O)NC1CC(O)C1(C)C. The van der Waals surface area contributed by atoms with Crippen molar-refractivity contribution in [3.8, 4) is 0 Å². The third kappa shape index (κ3) is 3.66. The van der Waals surface area contributed by atoms with Crippen LogP contribution in [0.15, 0.2) is 0 Å². The number of aliphatic hydroxyl groups is 1. The molecule has 1 saturated carbocycles. The van der Waals surface area contributed by atoms with E-state index in [0.717, 1.165) is 0 Å². The second-order valence-corrected chi connectivity index (χ2v) is 7.12. The lowest BCUT2D eigenvalue weighted by atomic mass is 9.65. The van der Waals surface area contributed by atoms with Gasteiger partial charge in [0, 0.05) is 17.9 Å². The number of hydrogen-bond donors (Lipinski definition) is 2. The van der Waals surface area contributed by atoms with Crippen LogP contribution in [-0.4, -0.2) is 44.5 Å². The molecule has 0 bridgehead atoms. The summed E-state index contributed by atoms with van der Waals surface area (Å²) in [5, 5.41) is 9.53. The third-order valence-electron chi connectivity index (χ3n) is 3.56. The van der Waals surface area contributed by atoms with Gasteiger partial charge in [-0.05, 0) is 12.8 Å². The normalized spacial score (nSPS) is 26.4. The minimum absolute atomic E-state index is 0.0914. The average Bonchev–Trinajstić information content (AvgIpc) is 2.28. The van der Waals surface area contributed by atoms with Crippen molar-refractivity contribution in [1.29, 1.82) is 0 Å². The molecular formula is C11H21NO5S. The fraction of sp³-hybridized carbons (Fsp3) is 0.909. The number of hydrogen-bond acceptors (Lipinski definition) is 5. The van der Waals surface area contributed by atoms with Gasteiger partial charge in [0.1, 0.15) is 0 Å². The average molecular weight is 279 g/mol. The summed E-state index contributed by atoms with van der Waals surface area (Å²) < 4.78 is 30.5. The highest BCUT2D eigenvalue weighted by Gasteiger charge is 2.48. The zero-order chi connectivity index (χ0) is 14.0. The van der Waals surface area contributed by atoms with Gasteiger partial charge in [-0.1, -0.05) is 13.8 Å². The smallest absolute Gasteiger partial charge is 0.305 e. The summed E-state index contributed by atoms with van der Waals surface area (Å²) in [5.74, 6) is -0.519. The van der Waals surface area contributed by atoms with Crippen LogP contribution in [0.4, 0.5) is 0 Å². The van der Waals surface area contributed by atoms with Crippen LogP contribution in [0.5, 0.6) is 0 Å². The Bertz CT molecular complexity index is 404. The van der Waals surface area contributed by atoms with Crippen LogP contribution in [0.1, 0.15) is 33.1 Å². The number of esters is 1. The first-order valence-electron chi connectivity index (χ1n) is 5.94. The first-order valence-corrected chi connectivity index (χ1v) is 7.59. The van der Waals surface area contributed by atoms with Gasteiger partial charge in [-0.2, -0.15) is 0 Å². The van der Waals surface area contributed by atoms with Crippen molar-refractivity contribution < 1.29 is 23.1 Å². The van der Waals surface area contributed by atoms with E-state index < -0.39 is 27.5 Å². The van der Waals surface area contributed by atoms with Gasteiger partial charge in [-0.3, -0.25) is 4.79 Å². The van der Waals surface area contributed by atoms with E-state index in [1.165, 1.54) is 7.11 Å². The summed E-state index contributed by atoms with van der Waals surface area (Å²) in [6.45, 7) is 3.64. The molecule has 1 fully saturated rings. The molecule has 0 aromatic carbocycles. The Kier molecular flexibility index (Phi) is 4.74. The second kappa shape index (κ2) is 5.54. The molecule has 1 aliphatic carbocycles. The summed E-state index contributed by atoms with van der Waals surface area (Å²) in [5.41, 5.74) is -0.435. The van der Waals surface area contributed by atoms with Crippen LogP contribution in [0, 0.1) is 5.41 Å². The number of sulfonamides is 1. The summed E-state index contributed by atoms with van der Waals surface area (Å²) >= 11 is 0. The predicted octanol–water partition coefficient (Wildman–Crippen LogP) is 0.0184. The fourth-order valence-electron chi connectivity index (χ4n) is 1.89. The first kappa shape index (κ1) is 15.4. The maximum Gasteiger partial charge on any atom is 0.305 e. The van der Waals surface area contributed by atoms with E-state index in [2.05, 4.69) is 9.46 Å². The van der Waals surface area contributed by atoms with Crippen LogP contribution >= 0.6 is 0 Å². The van der Waals surface area contributed by atoms with Gasteiger partial charge >= 0.3 is 5.97 Å². The molecule has 1 rings (SSSR count). The van der Waals surface area contributed by atoms with Gasteiger partial charge in [0.05, 0.1) is 19.0 Å². The Morgan fingerprint density at radius 1 is 1.50 bits per heavy atom. The molecule has 0 spiro atoms. The van der Waals surface area contributed by atoms with Gasteiger partial charge in [0.2, 0.25) is 10.0 Å². The van der Waals surface area contributed by atoms with Crippen molar-refractivity contribution in [2.75, 3.05) is 12.9 Å². The molecule has 0 amide bonds. The molecule has 106 valence electrons. The predicted molar refractivity (Wildman–Crippen MR) is 66.4 cm³/mol. The summed E-state index contributed by atoms with van der Waals surface area (Å²) in [6.07, 6.45) is 0.287. The zero-order valence-electron chi connectivity index (χ0n) is 11.0.